The Morgan fingerprint density at radius 1 is 1.36 bits per heavy atom. The van der Waals surface area contributed by atoms with Gasteiger partial charge in [0.15, 0.2) is 0 Å². The summed E-state index contributed by atoms with van der Waals surface area (Å²) in [6.45, 7) is 13.9. The summed E-state index contributed by atoms with van der Waals surface area (Å²) in [7, 11) is 0. The van der Waals surface area contributed by atoms with Crippen LogP contribution in [0.3, 0.4) is 0 Å². The Bertz CT molecular complexity index is 150. The first-order valence-electron chi connectivity index (χ1n) is 5.56. The van der Waals surface area contributed by atoms with Gasteiger partial charge in [-0.15, -0.1) is 0 Å². The van der Waals surface area contributed by atoms with Gasteiger partial charge < -0.3 is 10.5 Å². The molecule has 0 radical (unpaired) electrons. The quantitative estimate of drug-likeness (QED) is 0.679. The van der Waals surface area contributed by atoms with E-state index in [0.717, 1.165) is 13.2 Å². The molecule has 0 aliphatic carbocycles. The largest absolute Gasteiger partial charge is 0.380 e. The van der Waals surface area contributed by atoms with E-state index in [1.54, 1.807) is 0 Å². The van der Waals surface area contributed by atoms with Gasteiger partial charge in [-0.1, -0.05) is 6.92 Å². The summed E-state index contributed by atoms with van der Waals surface area (Å²) in [5, 5.41) is 0. The fourth-order valence-corrected chi connectivity index (χ4v) is 1.95. The molecule has 0 bridgehead atoms. The van der Waals surface area contributed by atoms with Crippen LogP contribution in [0, 0.1) is 0 Å². The number of hydrogen-bond donors (Lipinski definition) is 1. The van der Waals surface area contributed by atoms with Crippen LogP contribution in [0.4, 0.5) is 0 Å². The van der Waals surface area contributed by atoms with Crippen LogP contribution in [-0.4, -0.2) is 42.8 Å². The minimum atomic E-state index is -0.0288. The molecular weight excluding hydrogens is 176 g/mol. The zero-order chi connectivity index (χ0) is 11.2. The lowest BCUT2D eigenvalue weighted by atomic mass is 9.99. The number of nitrogens with two attached hydrogens (primary N) is 1. The minimum Gasteiger partial charge on any atom is -0.380 e. The third kappa shape index (κ3) is 3.56. The summed E-state index contributed by atoms with van der Waals surface area (Å²) in [6, 6.07) is 0.508. The molecular formula is C11H26N2O. The first kappa shape index (κ1) is 13.9. The molecule has 0 aromatic heterocycles. The standard InChI is InChI=1S/C11H26N2O/c1-6-13(10(3)4)11(5,8-12)9-14-7-2/h10H,6-9,12H2,1-5H3. The number of rotatable bonds is 7. The highest BCUT2D eigenvalue weighted by molar-refractivity contribution is 4.88. The van der Waals surface area contributed by atoms with Crippen molar-refractivity contribution in [3.8, 4) is 0 Å². The maximum atomic E-state index is 5.84. The number of nitrogens with zero attached hydrogens (tertiary/aromatic N) is 1. The van der Waals surface area contributed by atoms with Crippen molar-refractivity contribution in [2.45, 2.75) is 46.2 Å². The lowest BCUT2D eigenvalue weighted by Crippen LogP contribution is -2.57. The average molecular weight is 202 g/mol. The van der Waals surface area contributed by atoms with Crippen molar-refractivity contribution in [3.05, 3.63) is 0 Å². The molecule has 1 atom stereocenters. The van der Waals surface area contributed by atoms with Crippen molar-refractivity contribution in [1.82, 2.24) is 4.90 Å². The normalized spacial score (nSPS) is 16.3. The third-order valence-corrected chi connectivity index (χ3v) is 2.71. The van der Waals surface area contributed by atoms with E-state index in [9.17, 15) is 0 Å². The topological polar surface area (TPSA) is 38.5 Å². The molecule has 0 aromatic rings. The van der Waals surface area contributed by atoms with Gasteiger partial charge in [0.2, 0.25) is 0 Å². The van der Waals surface area contributed by atoms with Crippen molar-refractivity contribution >= 4 is 0 Å². The highest BCUT2D eigenvalue weighted by atomic mass is 16.5. The predicted octanol–water partition coefficient (Wildman–Crippen LogP) is 1.47. The summed E-state index contributed by atoms with van der Waals surface area (Å²) in [6.07, 6.45) is 0. The monoisotopic (exact) mass is 202 g/mol. The summed E-state index contributed by atoms with van der Waals surface area (Å²) in [5.74, 6) is 0. The molecule has 0 fully saturated rings. The zero-order valence-electron chi connectivity index (χ0n) is 10.3. The molecule has 2 N–H and O–H groups in total. The molecule has 0 saturated heterocycles. The van der Waals surface area contributed by atoms with Crippen LogP contribution in [-0.2, 0) is 4.74 Å². The summed E-state index contributed by atoms with van der Waals surface area (Å²) in [5.41, 5.74) is 5.81. The first-order chi connectivity index (χ1) is 6.51. The van der Waals surface area contributed by atoms with E-state index in [1.807, 2.05) is 6.92 Å². The van der Waals surface area contributed by atoms with Gasteiger partial charge in [-0.2, -0.15) is 0 Å². The lowest BCUT2D eigenvalue weighted by Gasteiger charge is -2.42. The van der Waals surface area contributed by atoms with Crippen LogP contribution < -0.4 is 5.73 Å². The molecule has 14 heavy (non-hydrogen) atoms. The van der Waals surface area contributed by atoms with Gasteiger partial charge in [-0.05, 0) is 34.2 Å². The smallest absolute Gasteiger partial charge is 0.0660 e. The second-order valence-electron chi connectivity index (χ2n) is 4.22. The second-order valence-corrected chi connectivity index (χ2v) is 4.22. The number of hydrogen-bond acceptors (Lipinski definition) is 3. The number of ether oxygens (including phenoxy) is 1. The Morgan fingerprint density at radius 3 is 2.21 bits per heavy atom. The SMILES string of the molecule is CCOCC(C)(CN)N(CC)C(C)C. The molecule has 0 aliphatic heterocycles. The summed E-state index contributed by atoms with van der Waals surface area (Å²) in [4.78, 5) is 2.39. The highest BCUT2D eigenvalue weighted by Gasteiger charge is 2.31. The van der Waals surface area contributed by atoms with Crippen molar-refractivity contribution in [3.63, 3.8) is 0 Å². The van der Waals surface area contributed by atoms with E-state index in [4.69, 9.17) is 10.5 Å². The van der Waals surface area contributed by atoms with Gasteiger partial charge in [-0.3, -0.25) is 4.90 Å². The van der Waals surface area contributed by atoms with Crippen LogP contribution in [0.2, 0.25) is 0 Å². The molecule has 0 saturated carbocycles. The molecule has 0 aromatic carbocycles. The van der Waals surface area contributed by atoms with Crippen LogP contribution in [0.15, 0.2) is 0 Å². The maximum Gasteiger partial charge on any atom is 0.0660 e. The predicted molar refractivity (Wildman–Crippen MR) is 61.5 cm³/mol. The molecule has 0 aliphatic rings. The Morgan fingerprint density at radius 2 is 1.93 bits per heavy atom. The lowest BCUT2D eigenvalue weighted by molar-refractivity contribution is -0.00314. The van der Waals surface area contributed by atoms with Crippen LogP contribution in [0.25, 0.3) is 0 Å². The van der Waals surface area contributed by atoms with Crippen LogP contribution in [0.1, 0.15) is 34.6 Å². The molecule has 86 valence electrons. The van der Waals surface area contributed by atoms with Crippen molar-refractivity contribution < 1.29 is 4.74 Å². The van der Waals surface area contributed by atoms with Crippen LogP contribution >= 0.6 is 0 Å². The molecule has 0 rings (SSSR count). The van der Waals surface area contributed by atoms with Crippen molar-refractivity contribution in [1.29, 1.82) is 0 Å². The molecule has 0 spiro atoms. The first-order valence-corrected chi connectivity index (χ1v) is 5.56. The Hall–Kier alpha value is -0.120. The van der Waals surface area contributed by atoms with Gasteiger partial charge in [-0.25, -0.2) is 0 Å². The molecule has 3 heteroatoms. The summed E-state index contributed by atoms with van der Waals surface area (Å²) >= 11 is 0. The maximum absolute atomic E-state index is 5.84. The van der Waals surface area contributed by atoms with E-state index < -0.39 is 0 Å². The molecule has 3 nitrogen and oxygen atoms in total. The van der Waals surface area contributed by atoms with Crippen LogP contribution in [0.5, 0.6) is 0 Å². The van der Waals surface area contributed by atoms with Gasteiger partial charge in [0.05, 0.1) is 12.1 Å². The zero-order valence-corrected chi connectivity index (χ0v) is 10.3. The van der Waals surface area contributed by atoms with Gasteiger partial charge >= 0.3 is 0 Å². The fourth-order valence-electron chi connectivity index (χ4n) is 1.95. The number of likely N-dealkylation sites (N-methyl/N-ethyl adjacent to an activating group) is 1. The highest BCUT2D eigenvalue weighted by Crippen LogP contribution is 2.17. The molecule has 0 amide bonds. The van der Waals surface area contributed by atoms with E-state index in [2.05, 4.69) is 32.6 Å². The Balaban J connectivity index is 4.44. The van der Waals surface area contributed by atoms with Crippen molar-refractivity contribution in [2.24, 2.45) is 5.73 Å². The van der Waals surface area contributed by atoms with E-state index in [0.29, 0.717) is 19.2 Å². The Kier molecular flexibility index (Phi) is 6.33. The molecule has 1 unspecified atom stereocenters. The summed E-state index contributed by atoms with van der Waals surface area (Å²) < 4.78 is 5.50. The average Bonchev–Trinajstić information content (AvgIpc) is 2.15. The fraction of sp³-hybridized carbons (Fsp3) is 1.00. The Labute approximate surface area is 88.6 Å². The third-order valence-electron chi connectivity index (χ3n) is 2.71. The van der Waals surface area contributed by atoms with Gasteiger partial charge in [0.25, 0.3) is 0 Å². The van der Waals surface area contributed by atoms with Crippen molar-refractivity contribution in [2.75, 3.05) is 26.3 Å². The minimum absolute atomic E-state index is 0.0288. The van der Waals surface area contributed by atoms with Gasteiger partial charge in [0.1, 0.15) is 0 Å². The molecule has 0 heterocycles. The van der Waals surface area contributed by atoms with Gasteiger partial charge in [0, 0.05) is 19.2 Å². The second kappa shape index (κ2) is 6.38. The van der Waals surface area contributed by atoms with E-state index >= 15 is 0 Å². The van der Waals surface area contributed by atoms with E-state index in [1.165, 1.54) is 0 Å². The van der Waals surface area contributed by atoms with E-state index in [-0.39, 0.29) is 5.54 Å².